The van der Waals surface area contributed by atoms with Crippen LogP contribution in [0.25, 0.3) is 10.9 Å². The van der Waals surface area contributed by atoms with Gasteiger partial charge in [0.25, 0.3) is 5.91 Å². The second-order valence-electron chi connectivity index (χ2n) is 6.93. The number of hydrogen-bond acceptors (Lipinski definition) is 4. The molecular weight excluding hydrogens is 340 g/mol. The maximum absolute atomic E-state index is 13.2. The number of sulfone groups is 1. The van der Waals surface area contributed by atoms with Crippen LogP contribution in [0, 0.1) is 0 Å². The van der Waals surface area contributed by atoms with Crippen LogP contribution in [0.1, 0.15) is 29.6 Å². The number of hydrogen-bond donors (Lipinski definition) is 1. The van der Waals surface area contributed by atoms with Crippen molar-refractivity contribution in [3.63, 3.8) is 0 Å². The van der Waals surface area contributed by atoms with E-state index in [1.165, 1.54) is 0 Å². The zero-order chi connectivity index (χ0) is 17.4. The van der Waals surface area contributed by atoms with Gasteiger partial charge in [0.1, 0.15) is 0 Å². The normalized spacial score (nSPS) is 25.4. The highest BCUT2D eigenvalue weighted by molar-refractivity contribution is 7.91. The minimum atomic E-state index is -3.06. The van der Waals surface area contributed by atoms with Crippen molar-refractivity contribution < 1.29 is 17.9 Å². The number of ether oxygens (including phenoxy) is 1. The van der Waals surface area contributed by atoms with Gasteiger partial charge in [0.15, 0.2) is 9.84 Å². The summed E-state index contributed by atoms with van der Waals surface area (Å²) in [5.41, 5.74) is 1.49. The van der Waals surface area contributed by atoms with Crippen molar-refractivity contribution in [2.45, 2.75) is 31.4 Å². The van der Waals surface area contributed by atoms with Crippen LogP contribution in [0.4, 0.5) is 0 Å². The molecule has 2 fully saturated rings. The number of nitrogens with one attached hydrogen (secondary N) is 1. The molecular formula is C18H22N2O4S. The second-order valence-corrected chi connectivity index (χ2v) is 9.16. The first-order chi connectivity index (χ1) is 12.0. The molecule has 3 heterocycles. The SMILES string of the molecule is O=C(c1ccc2cc[nH]c2c1)N(C[C@H]1CCCO1)[C@@H]1CCS(=O)(=O)C1. The van der Waals surface area contributed by atoms with Gasteiger partial charge in [-0.15, -0.1) is 0 Å². The summed E-state index contributed by atoms with van der Waals surface area (Å²) < 4.78 is 29.5. The Balaban J connectivity index is 1.62. The first kappa shape index (κ1) is 16.6. The predicted molar refractivity (Wildman–Crippen MR) is 95.4 cm³/mol. The Morgan fingerprint density at radius 3 is 2.88 bits per heavy atom. The molecule has 1 aromatic carbocycles. The summed E-state index contributed by atoms with van der Waals surface area (Å²) in [4.78, 5) is 18.0. The fourth-order valence-electron chi connectivity index (χ4n) is 3.77. The van der Waals surface area contributed by atoms with Crippen molar-refractivity contribution >= 4 is 26.6 Å². The molecule has 2 aromatic rings. The summed E-state index contributed by atoms with van der Waals surface area (Å²) in [6.07, 6.45) is 4.25. The van der Waals surface area contributed by atoms with Gasteiger partial charge in [-0.3, -0.25) is 4.79 Å². The second kappa shape index (κ2) is 6.46. The molecule has 25 heavy (non-hydrogen) atoms. The van der Waals surface area contributed by atoms with E-state index in [9.17, 15) is 13.2 Å². The van der Waals surface area contributed by atoms with Gasteiger partial charge in [-0.2, -0.15) is 0 Å². The molecule has 0 radical (unpaired) electrons. The highest BCUT2D eigenvalue weighted by atomic mass is 32.2. The minimum absolute atomic E-state index is 0.00136. The Morgan fingerprint density at radius 2 is 2.16 bits per heavy atom. The van der Waals surface area contributed by atoms with E-state index in [0.717, 1.165) is 23.7 Å². The molecule has 2 aliphatic rings. The van der Waals surface area contributed by atoms with Crippen LogP contribution in [-0.2, 0) is 14.6 Å². The summed E-state index contributed by atoms with van der Waals surface area (Å²) in [5.74, 6) is 0.0906. The molecule has 2 aliphatic heterocycles. The zero-order valence-electron chi connectivity index (χ0n) is 14.0. The summed E-state index contributed by atoms with van der Waals surface area (Å²) >= 11 is 0. The zero-order valence-corrected chi connectivity index (χ0v) is 14.8. The number of aromatic amines is 1. The van der Waals surface area contributed by atoms with Crippen molar-refractivity contribution in [1.82, 2.24) is 9.88 Å². The molecule has 134 valence electrons. The predicted octanol–water partition coefficient (Wildman–Crippen LogP) is 1.98. The van der Waals surface area contributed by atoms with Gasteiger partial charge in [0.2, 0.25) is 0 Å². The van der Waals surface area contributed by atoms with E-state index in [4.69, 9.17) is 4.74 Å². The van der Waals surface area contributed by atoms with E-state index >= 15 is 0 Å². The van der Waals surface area contributed by atoms with Crippen molar-refractivity contribution in [2.24, 2.45) is 0 Å². The Hall–Kier alpha value is -1.86. The van der Waals surface area contributed by atoms with Gasteiger partial charge >= 0.3 is 0 Å². The Bertz CT molecular complexity index is 883. The molecule has 2 saturated heterocycles. The van der Waals surface area contributed by atoms with E-state index < -0.39 is 9.84 Å². The molecule has 1 aromatic heterocycles. The molecule has 6 nitrogen and oxygen atoms in total. The smallest absolute Gasteiger partial charge is 0.254 e. The average Bonchev–Trinajstić information content (AvgIpc) is 3.31. The summed E-state index contributed by atoms with van der Waals surface area (Å²) in [6, 6.07) is 7.25. The van der Waals surface area contributed by atoms with E-state index in [2.05, 4.69) is 4.98 Å². The lowest BCUT2D eigenvalue weighted by atomic mass is 10.1. The topological polar surface area (TPSA) is 79.5 Å². The Morgan fingerprint density at radius 1 is 1.28 bits per heavy atom. The number of fused-ring (bicyclic) bond motifs is 1. The summed E-state index contributed by atoms with van der Waals surface area (Å²) in [5, 5.41) is 1.05. The van der Waals surface area contributed by atoms with Gasteiger partial charge in [0.05, 0.1) is 17.6 Å². The van der Waals surface area contributed by atoms with Crippen LogP contribution in [-0.4, -0.2) is 61.0 Å². The number of amides is 1. The van der Waals surface area contributed by atoms with E-state index in [-0.39, 0.29) is 29.6 Å². The van der Waals surface area contributed by atoms with Crippen molar-refractivity contribution in [3.8, 4) is 0 Å². The summed E-state index contributed by atoms with van der Waals surface area (Å²) in [6.45, 7) is 1.17. The van der Waals surface area contributed by atoms with Gasteiger partial charge in [0, 0.05) is 36.5 Å². The number of aromatic nitrogens is 1. The van der Waals surface area contributed by atoms with Gasteiger partial charge < -0.3 is 14.6 Å². The Kier molecular flexibility index (Phi) is 4.29. The number of rotatable bonds is 4. The standard InChI is InChI=1S/C18H22N2O4S/c21-18(14-4-3-13-5-7-19-17(13)10-14)20(11-16-2-1-8-24-16)15-6-9-25(22,23)12-15/h3-5,7,10,15-16,19H,1-2,6,8-9,11-12H2/t15-,16-/m1/s1. The monoisotopic (exact) mass is 362 g/mol. The quantitative estimate of drug-likeness (QED) is 0.902. The maximum Gasteiger partial charge on any atom is 0.254 e. The van der Waals surface area contributed by atoms with Crippen LogP contribution in [0.3, 0.4) is 0 Å². The van der Waals surface area contributed by atoms with Crippen molar-refractivity contribution in [3.05, 3.63) is 36.0 Å². The molecule has 0 saturated carbocycles. The number of benzene rings is 1. The molecule has 7 heteroatoms. The maximum atomic E-state index is 13.2. The van der Waals surface area contributed by atoms with Crippen LogP contribution in [0.2, 0.25) is 0 Å². The van der Waals surface area contributed by atoms with Crippen LogP contribution in [0.5, 0.6) is 0 Å². The fourth-order valence-corrected chi connectivity index (χ4v) is 5.50. The minimum Gasteiger partial charge on any atom is -0.376 e. The molecule has 2 atom stereocenters. The van der Waals surface area contributed by atoms with Gasteiger partial charge in [-0.1, -0.05) is 6.07 Å². The lowest BCUT2D eigenvalue weighted by Crippen LogP contribution is -2.45. The molecule has 1 N–H and O–H groups in total. The first-order valence-electron chi connectivity index (χ1n) is 8.72. The highest BCUT2D eigenvalue weighted by Gasteiger charge is 2.36. The molecule has 0 bridgehead atoms. The molecule has 1 amide bonds. The lowest BCUT2D eigenvalue weighted by molar-refractivity contribution is 0.0441. The average molecular weight is 362 g/mol. The van der Waals surface area contributed by atoms with Crippen LogP contribution < -0.4 is 0 Å². The first-order valence-corrected chi connectivity index (χ1v) is 10.5. The third-order valence-corrected chi connectivity index (χ3v) is 6.89. The van der Waals surface area contributed by atoms with Crippen molar-refractivity contribution in [2.75, 3.05) is 24.7 Å². The van der Waals surface area contributed by atoms with Crippen molar-refractivity contribution in [1.29, 1.82) is 0 Å². The number of H-pyrrole nitrogens is 1. The number of nitrogens with zero attached hydrogens (tertiary/aromatic N) is 1. The highest BCUT2D eigenvalue weighted by Crippen LogP contribution is 2.24. The molecule has 0 unspecified atom stereocenters. The largest absolute Gasteiger partial charge is 0.376 e. The molecule has 0 aliphatic carbocycles. The Labute approximate surface area is 147 Å². The van der Waals surface area contributed by atoms with E-state index in [1.807, 2.05) is 30.5 Å². The lowest BCUT2D eigenvalue weighted by Gasteiger charge is -2.30. The third kappa shape index (κ3) is 3.43. The van der Waals surface area contributed by atoms with Crippen LogP contribution >= 0.6 is 0 Å². The van der Waals surface area contributed by atoms with E-state index in [1.54, 1.807) is 4.90 Å². The summed E-state index contributed by atoms with van der Waals surface area (Å²) in [7, 11) is -3.06. The van der Waals surface area contributed by atoms with Gasteiger partial charge in [-0.25, -0.2) is 8.42 Å². The third-order valence-electron chi connectivity index (χ3n) is 5.14. The molecule has 0 spiro atoms. The van der Waals surface area contributed by atoms with E-state index in [0.29, 0.717) is 25.1 Å². The fraction of sp³-hybridized carbons (Fsp3) is 0.500. The number of carbonyl (C=O) groups is 1. The molecule has 4 rings (SSSR count). The van der Waals surface area contributed by atoms with Crippen LogP contribution in [0.15, 0.2) is 30.5 Å². The van der Waals surface area contributed by atoms with Gasteiger partial charge in [-0.05, 0) is 42.8 Å². The number of carbonyl (C=O) groups excluding carboxylic acids is 1.